The summed E-state index contributed by atoms with van der Waals surface area (Å²) in [6.07, 6.45) is -1.45. The summed E-state index contributed by atoms with van der Waals surface area (Å²) >= 11 is 6.10. The van der Waals surface area contributed by atoms with Crippen LogP contribution in [0.1, 0.15) is 11.1 Å². The van der Waals surface area contributed by atoms with Crippen molar-refractivity contribution in [2.45, 2.75) is 12.7 Å². The number of aromatic nitrogens is 2. The second-order valence-electron chi connectivity index (χ2n) is 5.68. The van der Waals surface area contributed by atoms with E-state index >= 15 is 0 Å². The molecule has 0 aliphatic carbocycles. The Morgan fingerprint density at radius 1 is 1.07 bits per heavy atom. The van der Waals surface area contributed by atoms with E-state index in [1.54, 1.807) is 16.9 Å². The van der Waals surface area contributed by atoms with Gasteiger partial charge in [0.25, 0.3) is 0 Å². The molecule has 0 bridgehead atoms. The van der Waals surface area contributed by atoms with E-state index in [9.17, 15) is 18.0 Å². The molecule has 2 N–H and O–H groups in total. The van der Waals surface area contributed by atoms with Crippen LogP contribution in [0.25, 0.3) is 0 Å². The van der Waals surface area contributed by atoms with Crippen molar-refractivity contribution in [2.24, 2.45) is 0 Å². The van der Waals surface area contributed by atoms with Gasteiger partial charge in [-0.25, -0.2) is 4.79 Å². The number of carbonyl (C=O) groups excluding carboxylic acids is 1. The lowest BCUT2D eigenvalue weighted by atomic mass is 10.2. The first-order valence-corrected chi connectivity index (χ1v) is 8.20. The first-order chi connectivity index (χ1) is 12.8. The van der Waals surface area contributed by atoms with E-state index in [2.05, 4.69) is 15.7 Å². The quantitative estimate of drug-likeness (QED) is 0.635. The van der Waals surface area contributed by atoms with Crippen LogP contribution < -0.4 is 10.6 Å². The molecular weight excluding hydrogens is 381 g/mol. The molecule has 0 saturated carbocycles. The second-order valence-corrected chi connectivity index (χ2v) is 6.08. The molecule has 0 atom stereocenters. The van der Waals surface area contributed by atoms with Crippen molar-refractivity contribution in [1.29, 1.82) is 0 Å². The summed E-state index contributed by atoms with van der Waals surface area (Å²) in [4.78, 5) is 12.0. The number of hydrogen-bond donors (Lipinski definition) is 2. The van der Waals surface area contributed by atoms with Crippen molar-refractivity contribution in [3.05, 3.63) is 77.1 Å². The predicted molar refractivity (Wildman–Crippen MR) is 96.9 cm³/mol. The monoisotopic (exact) mass is 394 g/mol. The normalized spacial score (nSPS) is 11.3. The molecule has 2 amide bonds. The molecule has 0 fully saturated rings. The number of alkyl halides is 3. The minimum atomic E-state index is -4.48. The molecule has 0 aliphatic rings. The van der Waals surface area contributed by atoms with Crippen molar-refractivity contribution in [2.75, 3.05) is 10.6 Å². The molecule has 0 spiro atoms. The van der Waals surface area contributed by atoms with E-state index in [0.29, 0.717) is 17.3 Å². The number of anilines is 2. The SMILES string of the molecule is O=C(Nc1cccc(C(F)(F)F)c1)Nc1cnn(Cc2ccccc2Cl)c1. The minimum absolute atomic E-state index is 0.0331. The number of nitrogens with one attached hydrogen (secondary N) is 2. The molecular formula is C18H14ClF3N4O. The molecule has 0 radical (unpaired) electrons. The predicted octanol–water partition coefficient (Wildman–Crippen LogP) is 5.25. The summed E-state index contributed by atoms with van der Waals surface area (Å²) in [7, 11) is 0. The summed E-state index contributed by atoms with van der Waals surface area (Å²) in [6, 6.07) is 11.0. The molecule has 140 valence electrons. The van der Waals surface area contributed by atoms with Crippen LogP contribution >= 0.6 is 11.6 Å². The minimum Gasteiger partial charge on any atom is -0.308 e. The lowest BCUT2D eigenvalue weighted by Gasteiger charge is -2.10. The molecule has 5 nitrogen and oxygen atoms in total. The fraction of sp³-hybridized carbons (Fsp3) is 0.111. The third kappa shape index (κ3) is 5.01. The second kappa shape index (κ2) is 7.71. The number of benzene rings is 2. The lowest BCUT2D eigenvalue weighted by Crippen LogP contribution is -2.19. The summed E-state index contributed by atoms with van der Waals surface area (Å²) in [5.41, 5.74) is 0.451. The molecule has 9 heteroatoms. The lowest BCUT2D eigenvalue weighted by molar-refractivity contribution is -0.137. The Morgan fingerprint density at radius 2 is 1.81 bits per heavy atom. The van der Waals surface area contributed by atoms with E-state index in [0.717, 1.165) is 17.7 Å². The van der Waals surface area contributed by atoms with E-state index in [1.165, 1.54) is 18.3 Å². The van der Waals surface area contributed by atoms with E-state index < -0.39 is 17.8 Å². The van der Waals surface area contributed by atoms with Crippen molar-refractivity contribution in [3.63, 3.8) is 0 Å². The summed E-state index contributed by atoms with van der Waals surface area (Å²) in [6.45, 7) is 0.413. The summed E-state index contributed by atoms with van der Waals surface area (Å²) in [5, 5.41) is 9.61. The first-order valence-electron chi connectivity index (χ1n) is 7.82. The number of amides is 2. The zero-order valence-electron chi connectivity index (χ0n) is 13.8. The summed E-state index contributed by atoms with van der Waals surface area (Å²) in [5.74, 6) is 0. The Balaban J connectivity index is 1.62. The van der Waals surface area contributed by atoms with Gasteiger partial charge in [0.2, 0.25) is 0 Å². The average Bonchev–Trinajstić information content (AvgIpc) is 3.03. The van der Waals surface area contributed by atoms with Gasteiger partial charge in [0.05, 0.1) is 24.0 Å². The maximum atomic E-state index is 12.7. The van der Waals surface area contributed by atoms with Gasteiger partial charge in [-0.2, -0.15) is 18.3 Å². The largest absolute Gasteiger partial charge is 0.416 e. The summed E-state index contributed by atoms with van der Waals surface area (Å²) < 4.78 is 39.7. The van der Waals surface area contributed by atoms with Crippen LogP contribution in [0.5, 0.6) is 0 Å². The van der Waals surface area contributed by atoms with Crippen molar-refractivity contribution < 1.29 is 18.0 Å². The van der Waals surface area contributed by atoms with Gasteiger partial charge in [-0.15, -0.1) is 0 Å². The fourth-order valence-corrected chi connectivity index (χ4v) is 2.58. The molecule has 0 unspecified atom stereocenters. The zero-order valence-corrected chi connectivity index (χ0v) is 14.6. The number of urea groups is 1. The van der Waals surface area contributed by atoms with Gasteiger partial charge in [0.1, 0.15) is 0 Å². The Bertz CT molecular complexity index is 956. The standard InChI is InChI=1S/C18H14ClF3N4O/c19-16-7-2-1-4-12(16)10-26-11-15(9-23-26)25-17(27)24-14-6-3-5-13(8-14)18(20,21)22/h1-9,11H,10H2,(H2,24,25,27). The Kier molecular flexibility index (Phi) is 5.36. The number of nitrogens with zero attached hydrogens (tertiary/aromatic N) is 2. The highest BCUT2D eigenvalue weighted by atomic mass is 35.5. The van der Waals surface area contributed by atoms with Crippen LogP contribution in [-0.4, -0.2) is 15.8 Å². The van der Waals surface area contributed by atoms with E-state index in [-0.39, 0.29) is 5.69 Å². The highest BCUT2D eigenvalue weighted by molar-refractivity contribution is 6.31. The third-order valence-electron chi connectivity index (χ3n) is 3.63. The average molecular weight is 395 g/mol. The van der Waals surface area contributed by atoms with Crippen LogP contribution in [0, 0.1) is 0 Å². The number of carbonyl (C=O) groups is 1. The maximum absolute atomic E-state index is 12.7. The molecule has 1 aromatic heterocycles. The van der Waals surface area contributed by atoms with E-state index in [4.69, 9.17) is 11.6 Å². The Labute approximate surface area is 157 Å². The molecule has 3 aromatic rings. The highest BCUT2D eigenvalue weighted by Gasteiger charge is 2.30. The van der Waals surface area contributed by atoms with Crippen LogP contribution in [-0.2, 0) is 12.7 Å². The third-order valence-corrected chi connectivity index (χ3v) is 4.00. The molecule has 0 saturated heterocycles. The molecule has 3 rings (SSSR count). The van der Waals surface area contributed by atoms with Gasteiger partial charge < -0.3 is 10.6 Å². The number of hydrogen-bond acceptors (Lipinski definition) is 2. The van der Waals surface area contributed by atoms with Gasteiger partial charge in [-0.3, -0.25) is 4.68 Å². The highest BCUT2D eigenvalue weighted by Crippen LogP contribution is 2.30. The number of rotatable bonds is 4. The van der Waals surface area contributed by atoms with Crippen molar-refractivity contribution in [3.8, 4) is 0 Å². The van der Waals surface area contributed by atoms with Gasteiger partial charge >= 0.3 is 12.2 Å². The smallest absolute Gasteiger partial charge is 0.308 e. The van der Waals surface area contributed by atoms with Crippen molar-refractivity contribution >= 4 is 29.0 Å². The topological polar surface area (TPSA) is 59.0 Å². The van der Waals surface area contributed by atoms with Gasteiger partial charge in [0, 0.05) is 16.9 Å². The first kappa shape index (κ1) is 18.8. The van der Waals surface area contributed by atoms with Crippen LogP contribution in [0.2, 0.25) is 5.02 Å². The van der Waals surface area contributed by atoms with Crippen LogP contribution in [0.4, 0.5) is 29.3 Å². The van der Waals surface area contributed by atoms with Gasteiger partial charge in [0.15, 0.2) is 0 Å². The molecule has 2 aromatic carbocycles. The fourth-order valence-electron chi connectivity index (χ4n) is 2.38. The Hall–Kier alpha value is -3.00. The van der Waals surface area contributed by atoms with Crippen molar-refractivity contribution in [1.82, 2.24) is 9.78 Å². The van der Waals surface area contributed by atoms with Crippen LogP contribution in [0.15, 0.2) is 60.9 Å². The maximum Gasteiger partial charge on any atom is 0.416 e. The molecule has 1 heterocycles. The van der Waals surface area contributed by atoms with Gasteiger partial charge in [-0.05, 0) is 29.8 Å². The Morgan fingerprint density at radius 3 is 2.56 bits per heavy atom. The molecule has 27 heavy (non-hydrogen) atoms. The molecule has 0 aliphatic heterocycles. The zero-order chi connectivity index (χ0) is 19.4. The van der Waals surface area contributed by atoms with Gasteiger partial charge in [-0.1, -0.05) is 35.9 Å². The van der Waals surface area contributed by atoms with E-state index in [1.807, 2.05) is 18.2 Å². The number of halogens is 4. The van der Waals surface area contributed by atoms with Crippen LogP contribution in [0.3, 0.4) is 0 Å².